The number of carbonyl (C=O) groups is 1. The van der Waals surface area contributed by atoms with Crippen molar-refractivity contribution in [1.82, 2.24) is 4.90 Å². The Bertz CT molecular complexity index is 423. The molecule has 0 saturated carbocycles. The van der Waals surface area contributed by atoms with Crippen LogP contribution in [0.5, 0.6) is 0 Å². The van der Waals surface area contributed by atoms with Gasteiger partial charge in [0.2, 0.25) is 0 Å². The van der Waals surface area contributed by atoms with Gasteiger partial charge in [-0.2, -0.15) is 0 Å². The van der Waals surface area contributed by atoms with Gasteiger partial charge in [0.15, 0.2) is 0 Å². The van der Waals surface area contributed by atoms with Crippen LogP contribution in [0.3, 0.4) is 0 Å². The highest BCUT2D eigenvalue weighted by atomic mass is 16.6. The molecule has 0 amide bonds. The predicted octanol–water partition coefficient (Wildman–Crippen LogP) is 3.17. The van der Waals surface area contributed by atoms with E-state index in [1.165, 1.54) is 11.1 Å². The minimum absolute atomic E-state index is 0.0152. The van der Waals surface area contributed by atoms with Gasteiger partial charge in [0, 0.05) is 12.5 Å². The van der Waals surface area contributed by atoms with Crippen LogP contribution < -0.4 is 0 Å². The highest BCUT2D eigenvalue weighted by molar-refractivity contribution is 5.76. The molecule has 3 nitrogen and oxygen atoms in total. The molecule has 1 aliphatic carbocycles. The maximum absolute atomic E-state index is 12.2. The zero-order valence-corrected chi connectivity index (χ0v) is 13.2. The van der Waals surface area contributed by atoms with Crippen LogP contribution in [0.25, 0.3) is 0 Å². The summed E-state index contributed by atoms with van der Waals surface area (Å²) in [6, 6.07) is 0. The molecule has 20 heavy (non-hydrogen) atoms. The van der Waals surface area contributed by atoms with Crippen molar-refractivity contribution in [3.05, 3.63) is 23.3 Å². The van der Waals surface area contributed by atoms with E-state index in [2.05, 4.69) is 30.9 Å². The van der Waals surface area contributed by atoms with Crippen LogP contribution in [-0.2, 0) is 9.53 Å². The van der Waals surface area contributed by atoms with Crippen molar-refractivity contribution in [2.45, 2.75) is 45.6 Å². The van der Waals surface area contributed by atoms with Crippen LogP contribution in [0.1, 0.15) is 39.5 Å². The molecule has 2 rings (SSSR count). The second-order valence-electron chi connectivity index (χ2n) is 6.57. The number of hydrogen-bond acceptors (Lipinski definition) is 3. The van der Waals surface area contributed by atoms with Gasteiger partial charge in [0.1, 0.15) is 6.10 Å². The Morgan fingerprint density at radius 3 is 2.70 bits per heavy atom. The maximum atomic E-state index is 12.2. The van der Waals surface area contributed by atoms with Crippen molar-refractivity contribution in [3.8, 4) is 0 Å². The topological polar surface area (TPSA) is 29.5 Å². The molecular formula is C17H27NO2. The normalized spacial score (nSPS) is 36.6. The summed E-state index contributed by atoms with van der Waals surface area (Å²) in [6.07, 6.45) is 8.80. The molecule has 1 saturated heterocycles. The summed E-state index contributed by atoms with van der Waals surface area (Å²) >= 11 is 0. The van der Waals surface area contributed by atoms with Gasteiger partial charge in [-0.15, -0.1) is 0 Å². The zero-order valence-electron chi connectivity index (χ0n) is 13.2. The van der Waals surface area contributed by atoms with Crippen molar-refractivity contribution in [2.75, 3.05) is 20.6 Å². The van der Waals surface area contributed by atoms with E-state index in [4.69, 9.17) is 4.74 Å². The van der Waals surface area contributed by atoms with Crippen molar-refractivity contribution in [3.63, 3.8) is 0 Å². The highest BCUT2D eigenvalue weighted by Gasteiger charge is 2.43. The lowest BCUT2D eigenvalue weighted by atomic mass is 9.83. The first-order chi connectivity index (χ1) is 9.47. The lowest BCUT2D eigenvalue weighted by Gasteiger charge is -2.22. The fourth-order valence-corrected chi connectivity index (χ4v) is 3.25. The molecule has 1 fully saturated rings. The lowest BCUT2D eigenvalue weighted by Crippen LogP contribution is -2.30. The summed E-state index contributed by atoms with van der Waals surface area (Å²) in [5.41, 5.74) is 2.78. The Balaban J connectivity index is 2.21. The number of hydrogen-bond donors (Lipinski definition) is 0. The van der Waals surface area contributed by atoms with Crippen LogP contribution >= 0.6 is 0 Å². The van der Waals surface area contributed by atoms with E-state index in [0.717, 1.165) is 32.2 Å². The Labute approximate surface area is 122 Å². The number of allylic oxidation sites excluding steroid dienone is 3. The fraction of sp³-hybridized carbons (Fsp3) is 0.706. The Hall–Kier alpha value is -1.09. The predicted molar refractivity (Wildman–Crippen MR) is 81.4 cm³/mol. The molecule has 0 N–H and O–H groups in total. The first kappa shape index (κ1) is 15.3. The third-order valence-electron chi connectivity index (χ3n) is 4.41. The molecule has 112 valence electrons. The fourth-order valence-electron chi connectivity index (χ4n) is 3.25. The first-order valence-electron chi connectivity index (χ1n) is 7.65. The number of esters is 1. The van der Waals surface area contributed by atoms with E-state index < -0.39 is 0 Å². The highest BCUT2D eigenvalue weighted by Crippen LogP contribution is 2.35. The second kappa shape index (κ2) is 6.57. The number of nitrogens with zero attached hydrogens (tertiary/aromatic N) is 1. The summed E-state index contributed by atoms with van der Waals surface area (Å²) in [4.78, 5) is 14.3. The molecule has 0 aromatic carbocycles. The number of fused-ring (bicyclic) bond motifs is 1. The first-order valence-corrected chi connectivity index (χ1v) is 7.65. The van der Waals surface area contributed by atoms with E-state index in [-0.39, 0.29) is 18.0 Å². The molecule has 0 aromatic rings. The van der Waals surface area contributed by atoms with E-state index in [9.17, 15) is 4.79 Å². The largest absolute Gasteiger partial charge is 0.458 e. The van der Waals surface area contributed by atoms with Gasteiger partial charge < -0.3 is 9.64 Å². The molecule has 0 radical (unpaired) electrons. The summed E-state index contributed by atoms with van der Waals surface area (Å²) in [5, 5.41) is 0. The standard InChI is InChI=1S/C17H27NO2/c1-12-6-5-7-13(2)10-16-14(9-8-12)15(11-18(3)4)17(19)20-16/h6,10,14-16H,5,7-9,11H2,1-4H3/b12-6+,13-10+/t14-,15?,16+/m0/s1. The molecule has 0 aromatic heterocycles. The molecule has 1 heterocycles. The van der Waals surface area contributed by atoms with E-state index in [0.29, 0.717) is 5.92 Å². The zero-order chi connectivity index (χ0) is 14.7. The molecule has 2 aliphatic rings. The average molecular weight is 277 g/mol. The molecule has 0 bridgehead atoms. The summed E-state index contributed by atoms with van der Waals surface area (Å²) in [5.74, 6) is 0.325. The molecule has 0 spiro atoms. The molecule has 3 heteroatoms. The lowest BCUT2D eigenvalue weighted by molar-refractivity contribution is -0.143. The maximum Gasteiger partial charge on any atom is 0.311 e. The molecular weight excluding hydrogens is 250 g/mol. The Morgan fingerprint density at radius 2 is 2.00 bits per heavy atom. The van der Waals surface area contributed by atoms with Crippen LogP contribution in [0.15, 0.2) is 23.3 Å². The minimum atomic E-state index is -0.0154. The smallest absolute Gasteiger partial charge is 0.311 e. The van der Waals surface area contributed by atoms with Gasteiger partial charge in [-0.25, -0.2) is 0 Å². The minimum Gasteiger partial charge on any atom is -0.458 e. The van der Waals surface area contributed by atoms with Crippen molar-refractivity contribution in [1.29, 1.82) is 0 Å². The van der Waals surface area contributed by atoms with E-state index in [1.54, 1.807) is 0 Å². The van der Waals surface area contributed by atoms with Crippen LogP contribution in [0.4, 0.5) is 0 Å². The van der Waals surface area contributed by atoms with Gasteiger partial charge in [-0.05, 0) is 59.7 Å². The van der Waals surface area contributed by atoms with Gasteiger partial charge in [-0.3, -0.25) is 4.79 Å². The van der Waals surface area contributed by atoms with Crippen LogP contribution in [-0.4, -0.2) is 37.6 Å². The van der Waals surface area contributed by atoms with Crippen molar-refractivity contribution >= 4 is 5.97 Å². The summed E-state index contributed by atoms with van der Waals surface area (Å²) < 4.78 is 5.65. The summed E-state index contributed by atoms with van der Waals surface area (Å²) in [6.45, 7) is 5.14. The molecule has 3 atom stereocenters. The second-order valence-corrected chi connectivity index (χ2v) is 6.57. The van der Waals surface area contributed by atoms with Crippen molar-refractivity contribution < 1.29 is 9.53 Å². The number of rotatable bonds is 2. The molecule has 1 unspecified atom stereocenters. The van der Waals surface area contributed by atoms with E-state index in [1.807, 2.05) is 14.1 Å². The average Bonchev–Trinajstić information content (AvgIpc) is 2.62. The quantitative estimate of drug-likeness (QED) is 0.573. The third-order valence-corrected chi connectivity index (χ3v) is 4.41. The number of ether oxygens (including phenoxy) is 1. The number of carbonyl (C=O) groups excluding carboxylic acids is 1. The van der Waals surface area contributed by atoms with Gasteiger partial charge in [0.05, 0.1) is 5.92 Å². The Kier molecular flexibility index (Phi) is 5.03. The molecule has 1 aliphatic heterocycles. The summed E-state index contributed by atoms with van der Waals surface area (Å²) in [7, 11) is 4.04. The Morgan fingerprint density at radius 1 is 1.25 bits per heavy atom. The SMILES string of the molecule is C/C1=C\[C@H]2OC(=O)C(CN(C)C)[C@@H]2CC/C(C)=C/CC1. The van der Waals surface area contributed by atoms with Gasteiger partial charge >= 0.3 is 5.97 Å². The van der Waals surface area contributed by atoms with E-state index >= 15 is 0 Å². The van der Waals surface area contributed by atoms with Crippen molar-refractivity contribution in [2.24, 2.45) is 11.8 Å². The third kappa shape index (κ3) is 3.72. The monoisotopic (exact) mass is 277 g/mol. The van der Waals surface area contributed by atoms with Gasteiger partial charge in [-0.1, -0.05) is 17.2 Å². The van der Waals surface area contributed by atoms with Crippen LogP contribution in [0.2, 0.25) is 0 Å². The van der Waals surface area contributed by atoms with Gasteiger partial charge in [0.25, 0.3) is 0 Å². The van der Waals surface area contributed by atoms with Crippen LogP contribution in [0, 0.1) is 11.8 Å².